The number of rotatable bonds is 5. The summed E-state index contributed by atoms with van der Waals surface area (Å²) in [4.78, 5) is 11.8. The van der Waals surface area contributed by atoms with E-state index >= 15 is 0 Å². The van der Waals surface area contributed by atoms with Gasteiger partial charge in [0.2, 0.25) is 0 Å². The zero-order valence-electron chi connectivity index (χ0n) is 11.1. The van der Waals surface area contributed by atoms with Gasteiger partial charge in [0.25, 0.3) is 0 Å². The fourth-order valence-electron chi connectivity index (χ4n) is 1.94. The minimum absolute atomic E-state index is 0.390. The van der Waals surface area contributed by atoms with Gasteiger partial charge in [0, 0.05) is 19.6 Å². The zero-order chi connectivity index (χ0) is 13.8. The van der Waals surface area contributed by atoms with Crippen molar-refractivity contribution in [3.05, 3.63) is 30.0 Å². The third-order valence-electron chi connectivity index (χ3n) is 2.91. The second-order valence-electron chi connectivity index (χ2n) is 3.96. The van der Waals surface area contributed by atoms with Gasteiger partial charge >= 0.3 is 5.97 Å². The van der Waals surface area contributed by atoms with Crippen LogP contribution in [0.1, 0.15) is 10.4 Å². The Morgan fingerprint density at radius 2 is 2.05 bits per heavy atom. The van der Waals surface area contributed by atoms with Crippen molar-refractivity contribution in [3.8, 4) is 0 Å². The van der Waals surface area contributed by atoms with Crippen molar-refractivity contribution in [2.45, 2.75) is 12.8 Å². The van der Waals surface area contributed by atoms with E-state index in [1.54, 1.807) is 37.2 Å². The Bertz CT molecular complexity index is 575. The fraction of sp³-hybridized carbons (Fsp3) is 0.385. The summed E-state index contributed by atoms with van der Waals surface area (Å²) >= 11 is 0. The maximum atomic E-state index is 11.8. The van der Waals surface area contributed by atoms with Crippen LogP contribution in [0.3, 0.4) is 0 Å². The quantitative estimate of drug-likeness (QED) is 0.604. The lowest BCUT2D eigenvalue weighted by molar-refractivity contribution is -0.111. The number of fused-ring (bicyclic) bond motifs is 1. The van der Waals surface area contributed by atoms with Crippen LogP contribution in [0.25, 0.3) is 10.9 Å². The average Bonchev–Trinajstić information content (AvgIpc) is 2.86. The molecule has 0 unspecified atom stereocenters. The summed E-state index contributed by atoms with van der Waals surface area (Å²) < 4.78 is 16.8. The van der Waals surface area contributed by atoms with Gasteiger partial charge in [-0.25, -0.2) is 4.79 Å². The summed E-state index contributed by atoms with van der Waals surface area (Å²) in [6.45, 7) is 0.393. The minimum atomic E-state index is -0.422. The SMILES string of the molecule is COC(=O)c1cccc2cnn(CC(OC)OC)c12. The van der Waals surface area contributed by atoms with Gasteiger partial charge in [-0.15, -0.1) is 0 Å². The number of carbonyl (C=O) groups excluding carboxylic acids is 1. The van der Waals surface area contributed by atoms with Crippen LogP contribution < -0.4 is 0 Å². The summed E-state index contributed by atoms with van der Waals surface area (Å²) in [5.41, 5.74) is 1.19. The van der Waals surface area contributed by atoms with Crippen molar-refractivity contribution in [3.63, 3.8) is 0 Å². The van der Waals surface area contributed by atoms with Crippen LogP contribution >= 0.6 is 0 Å². The molecule has 6 nitrogen and oxygen atoms in total. The van der Waals surface area contributed by atoms with E-state index in [2.05, 4.69) is 5.10 Å². The Labute approximate surface area is 110 Å². The van der Waals surface area contributed by atoms with E-state index in [-0.39, 0.29) is 0 Å². The highest BCUT2D eigenvalue weighted by Crippen LogP contribution is 2.20. The van der Waals surface area contributed by atoms with E-state index < -0.39 is 12.3 Å². The van der Waals surface area contributed by atoms with Gasteiger partial charge in [-0.05, 0) is 6.07 Å². The monoisotopic (exact) mass is 264 g/mol. The van der Waals surface area contributed by atoms with Crippen molar-refractivity contribution < 1.29 is 19.0 Å². The molecule has 0 N–H and O–H groups in total. The van der Waals surface area contributed by atoms with Crippen LogP contribution in [0.2, 0.25) is 0 Å². The molecule has 0 spiro atoms. The lowest BCUT2D eigenvalue weighted by Gasteiger charge is -2.14. The van der Waals surface area contributed by atoms with Crippen molar-refractivity contribution in [2.24, 2.45) is 0 Å². The lowest BCUT2D eigenvalue weighted by Crippen LogP contribution is -2.21. The second-order valence-corrected chi connectivity index (χ2v) is 3.96. The highest BCUT2D eigenvalue weighted by Gasteiger charge is 2.16. The van der Waals surface area contributed by atoms with E-state index in [1.807, 2.05) is 6.07 Å². The molecule has 0 saturated heterocycles. The van der Waals surface area contributed by atoms with Gasteiger partial charge in [0.15, 0.2) is 6.29 Å². The van der Waals surface area contributed by atoms with Crippen molar-refractivity contribution >= 4 is 16.9 Å². The summed E-state index contributed by atoms with van der Waals surface area (Å²) in [6.07, 6.45) is 1.28. The highest BCUT2D eigenvalue weighted by atomic mass is 16.7. The molecule has 1 aromatic heterocycles. The van der Waals surface area contributed by atoms with Crippen LogP contribution in [0.4, 0.5) is 0 Å². The fourth-order valence-corrected chi connectivity index (χ4v) is 1.94. The van der Waals surface area contributed by atoms with E-state index in [4.69, 9.17) is 14.2 Å². The summed E-state index contributed by atoms with van der Waals surface area (Å²) in [5.74, 6) is -0.390. The van der Waals surface area contributed by atoms with Gasteiger partial charge in [-0.3, -0.25) is 4.68 Å². The van der Waals surface area contributed by atoms with Crippen LogP contribution in [-0.4, -0.2) is 43.4 Å². The molecule has 1 aromatic carbocycles. The number of methoxy groups -OCH3 is 3. The third-order valence-corrected chi connectivity index (χ3v) is 2.91. The summed E-state index contributed by atoms with van der Waals surface area (Å²) in [5, 5.41) is 5.13. The van der Waals surface area contributed by atoms with Crippen LogP contribution in [0, 0.1) is 0 Å². The third kappa shape index (κ3) is 2.59. The number of para-hydroxylation sites is 1. The van der Waals surface area contributed by atoms with Crippen molar-refractivity contribution in [1.82, 2.24) is 9.78 Å². The summed E-state index contributed by atoms with van der Waals surface area (Å²) in [6, 6.07) is 5.39. The maximum Gasteiger partial charge on any atom is 0.340 e. The first-order valence-electron chi connectivity index (χ1n) is 5.79. The number of nitrogens with zero attached hydrogens (tertiary/aromatic N) is 2. The lowest BCUT2D eigenvalue weighted by atomic mass is 10.1. The van der Waals surface area contributed by atoms with E-state index in [9.17, 15) is 4.79 Å². The van der Waals surface area contributed by atoms with E-state index in [1.165, 1.54) is 7.11 Å². The minimum Gasteiger partial charge on any atom is -0.465 e. The summed E-state index contributed by atoms with van der Waals surface area (Å²) in [7, 11) is 4.47. The van der Waals surface area contributed by atoms with Crippen LogP contribution in [0.15, 0.2) is 24.4 Å². The molecule has 6 heteroatoms. The largest absolute Gasteiger partial charge is 0.465 e. The number of hydrogen-bond donors (Lipinski definition) is 0. The molecular weight excluding hydrogens is 248 g/mol. The molecular formula is C13H16N2O4. The molecule has 0 aliphatic rings. The van der Waals surface area contributed by atoms with Gasteiger partial charge in [0.1, 0.15) is 0 Å². The zero-order valence-corrected chi connectivity index (χ0v) is 11.1. The molecule has 0 saturated carbocycles. The first kappa shape index (κ1) is 13.5. The van der Waals surface area contributed by atoms with Crippen LogP contribution in [0.5, 0.6) is 0 Å². The van der Waals surface area contributed by atoms with Gasteiger partial charge in [-0.1, -0.05) is 12.1 Å². The molecule has 0 bridgehead atoms. The molecule has 0 aliphatic heterocycles. The Morgan fingerprint density at radius 3 is 2.68 bits per heavy atom. The maximum absolute atomic E-state index is 11.8. The second kappa shape index (κ2) is 5.81. The topological polar surface area (TPSA) is 62.6 Å². The first-order chi connectivity index (χ1) is 9.21. The highest BCUT2D eigenvalue weighted by molar-refractivity contribution is 6.02. The number of ether oxygens (including phenoxy) is 3. The Hall–Kier alpha value is -1.92. The molecule has 2 rings (SSSR count). The molecule has 1 heterocycles. The standard InChI is InChI=1S/C13H16N2O4/c1-17-11(18-2)8-15-12-9(7-14-15)5-4-6-10(12)13(16)19-3/h4-7,11H,8H2,1-3H3. The smallest absolute Gasteiger partial charge is 0.340 e. The molecule has 0 aliphatic carbocycles. The molecule has 0 atom stereocenters. The van der Waals surface area contributed by atoms with Gasteiger partial charge in [-0.2, -0.15) is 5.10 Å². The Morgan fingerprint density at radius 1 is 1.32 bits per heavy atom. The normalized spacial score (nSPS) is 11.2. The van der Waals surface area contributed by atoms with E-state index in [0.29, 0.717) is 17.6 Å². The molecule has 0 fully saturated rings. The Kier molecular flexibility index (Phi) is 4.13. The van der Waals surface area contributed by atoms with Crippen molar-refractivity contribution in [2.75, 3.05) is 21.3 Å². The predicted octanol–water partition coefficient (Wildman–Crippen LogP) is 1.44. The van der Waals surface area contributed by atoms with Gasteiger partial charge < -0.3 is 14.2 Å². The molecule has 0 amide bonds. The number of esters is 1. The van der Waals surface area contributed by atoms with E-state index in [0.717, 1.165) is 5.39 Å². The molecule has 2 aromatic rings. The molecule has 102 valence electrons. The van der Waals surface area contributed by atoms with Gasteiger partial charge in [0.05, 0.1) is 30.9 Å². The Balaban J connectivity index is 2.47. The molecule has 19 heavy (non-hydrogen) atoms. The number of carbonyl (C=O) groups is 1. The average molecular weight is 264 g/mol. The number of benzene rings is 1. The number of aromatic nitrogens is 2. The first-order valence-corrected chi connectivity index (χ1v) is 5.79. The number of hydrogen-bond acceptors (Lipinski definition) is 5. The molecule has 0 radical (unpaired) electrons. The predicted molar refractivity (Wildman–Crippen MR) is 68.9 cm³/mol. The van der Waals surface area contributed by atoms with Crippen LogP contribution in [-0.2, 0) is 20.8 Å². The van der Waals surface area contributed by atoms with Crippen molar-refractivity contribution in [1.29, 1.82) is 0 Å².